The van der Waals surface area contributed by atoms with Crippen molar-refractivity contribution < 1.29 is 115 Å². The van der Waals surface area contributed by atoms with Crippen LogP contribution >= 0.6 is 11.6 Å². The summed E-state index contributed by atoms with van der Waals surface area (Å²) in [4.78, 5) is 25.6. The molecule has 2 rings (SSSR count). The van der Waals surface area contributed by atoms with Gasteiger partial charge in [0.1, 0.15) is 5.75 Å². The molecule has 0 fully saturated rings. The third-order valence-corrected chi connectivity index (χ3v) is 6.07. The van der Waals surface area contributed by atoms with Gasteiger partial charge in [-0.15, -0.1) is 0 Å². The number of ether oxygens (including phenoxy) is 2. The van der Waals surface area contributed by atoms with Gasteiger partial charge in [-0.25, -0.2) is 4.79 Å². The van der Waals surface area contributed by atoms with Crippen molar-refractivity contribution in [2.24, 2.45) is 0 Å². The Kier molecular flexibility index (Phi) is 7.70. The molecule has 30 heavy (non-hydrogen) atoms. The van der Waals surface area contributed by atoms with Gasteiger partial charge in [0.05, 0.1) is 6.10 Å². The van der Waals surface area contributed by atoms with E-state index in [2.05, 4.69) is 0 Å². The van der Waals surface area contributed by atoms with Crippen LogP contribution in [0.5, 0.6) is 5.75 Å². The SMILES string of the molecule is CCC(C)OC(=O)C(C)(CC)Oc1ccc(C(=O)c2cc(C)c(Cl)c(C)c2)c(C)c1.[HH].[HH].[HH].[HH].[HH].[HH].[HH].[HH].[HH].[HH].[HH].[HH].[HH].[HH].[HH].[HH].[HH].[HH].[HH].[HH].[HH].[HH].[HH].[HH].[HH].[HH].[HH].[HH].[HH].[HH].[HH].[HH].[HH].[HH].[HH].[HH].[HH].[HH].[HH].[HH].[HH].[HH].[HH].[HH].[HH].[HH].[HH].[HH].[HH].[HH].[HH].[HH].[HH].[HH].[HH].[HH].[HH].[HH].[HH].[HH].[HH].[HH].[HH].[HH].[HH].[HH].[HH]. The maximum Gasteiger partial charge on any atom is 0.350 e. The van der Waals surface area contributed by atoms with Gasteiger partial charge in [0.25, 0.3) is 0 Å². The Morgan fingerprint density at radius 2 is 1.67 bits per heavy atom. The van der Waals surface area contributed by atoms with Crippen molar-refractivity contribution in [2.75, 3.05) is 0 Å². The van der Waals surface area contributed by atoms with Crippen LogP contribution in [0, 0.1) is 20.8 Å². The first kappa shape index (κ1) is 23.9. The second kappa shape index (κ2) is 9.65. The van der Waals surface area contributed by atoms with E-state index in [1.807, 2.05) is 41.5 Å². The first-order valence-corrected chi connectivity index (χ1v) is 10.7. The first-order valence-electron chi connectivity index (χ1n) is 10.3. The summed E-state index contributed by atoms with van der Waals surface area (Å²) in [6.07, 6.45) is 1.04. The molecule has 2 unspecified atom stereocenters. The van der Waals surface area contributed by atoms with E-state index in [4.69, 9.17) is 21.1 Å². The molecule has 0 radical (unpaired) electrons. The minimum atomic E-state index is -1.09. The molecular formula is C25H165ClO4. The molecule has 0 spiro atoms. The van der Waals surface area contributed by atoms with Crippen molar-refractivity contribution in [3.8, 4) is 5.75 Å². The molecule has 0 bridgehead atoms. The third kappa shape index (κ3) is 5.23. The predicted molar refractivity (Wildman–Crippen MR) is 262 cm³/mol. The zero-order chi connectivity index (χ0) is 22.6. The molecule has 5 heteroatoms. The number of rotatable bonds is 8. The van der Waals surface area contributed by atoms with Crippen LogP contribution in [0.2, 0.25) is 5.02 Å². The summed E-state index contributed by atoms with van der Waals surface area (Å²) >= 11 is 6.23. The normalized spacial score (nSPS) is 14.0. The molecule has 0 saturated carbocycles. The average Bonchev–Trinajstić information content (AvgIpc) is 2.70. The van der Waals surface area contributed by atoms with Crippen LogP contribution in [0.25, 0.3) is 0 Å². The van der Waals surface area contributed by atoms with Crippen LogP contribution in [-0.2, 0) is 9.53 Å². The molecule has 0 aliphatic heterocycles. The van der Waals surface area contributed by atoms with Gasteiger partial charge in [-0.05, 0) is 94.5 Å². The Labute approximate surface area is 284 Å². The predicted octanol–water partition coefficient (Wildman–Crippen LogP) is 22.9. The monoisotopic (exact) mass is 565 g/mol. The highest BCUT2D eigenvalue weighted by Crippen LogP contribution is 2.28. The van der Waals surface area contributed by atoms with Gasteiger partial charge in [-0.1, -0.05) is 25.4 Å². The second-order valence-electron chi connectivity index (χ2n) is 8.04. The van der Waals surface area contributed by atoms with E-state index in [0.717, 1.165) is 23.1 Å². The van der Waals surface area contributed by atoms with E-state index < -0.39 is 5.60 Å². The second-order valence-corrected chi connectivity index (χ2v) is 8.42. The number of hydrogen-bond acceptors (Lipinski definition) is 4. The Morgan fingerprint density at radius 1 is 1.07 bits per heavy atom. The van der Waals surface area contributed by atoms with E-state index in [1.54, 1.807) is 37.3 Å². The molecule has 0 heterocycles. The Balaban J connectivity index is -0.00000000224. The van der Waals surface area contributed by atoms with Gasteiger partial charge >= 0.3 is 5.97 Å². The van der Waals surface area contributed by atoms with Crippen molar-refractivity contribution in [3.63, 3.8) is 0 Å². The lowest BCUT2D eigenvalue weighted by Gasteiger charge is -2.29. The number of aryl methyl sites for hydroxylation is 3. The maximum atomic E-state index is 13.0. The standard InChI is InChI=1S/C25H31ClO4.67H2/c1-8-18(6)29-24(28)25(7,9-2)30-20-10-11-21(15(3)14-20)23(27)19-12-16(4)22(26)17(5)13-19;;;;;;;;;;;;;;;;;;;;;;;;;;;;;;;;;;;;;;;;;;;;;;;;;;;;;;;;;;;;;;;;;;;/h10-14,18H,8-9H2,1-7H3;67*1H. The fraction of sp³-hybridized carbons (Fsp3) is 0.440. The third-order valence-electron chi connectivity index (χ3n) is 5.47. The van der Waals surface area contributed by atoms with E-state index in [1.165, 1.54) is 0 Å². The summed E-state index contributed by atoms with van der Waals surface area (Å²) in [6.45, 7) is 13.1. The summed E-state index contributed by atoms with van der Waals surface area (Å²) in [7, 11) is 0. The van der Waals surface area contributed by atoms with Gasteiger partial charge in [0.15, 0.2) is 5.78 Å². The highest BCUT2D eigenvalue weighted by atomic mass is 35.5. The molecule has 0 saturated heterocycles. The van der Waals surface area contributed by atoms with E-state index in [9.17, 15) is 9.59 Å². The molecule has 2 aromatic rings. The minimum Gasteiger partial charge on any atom is -0.476 e. The number of carbonyl (C=O) groups excluding carboxylic acids is 2. The number of benzene rings is 2. The quantitative estimate of drug-likeness (QED) is 0.236. The summed E-state index contributed by atoms with van der Waals surface area (Å²) in [5.74, 6) is 0.0681. The summed E-state index contributed by atoms with van der Waals surface area (Å²) < 4.78 is 11.5. The first-order chi connectivity index (χ1) is 14.0. The van der Waals surface area contributed by atoms with Crippen molar-refractivity contribution >= 4 is 23.4 Å². The van der Waals surface area contributed by atoms with E-state index >= 15 is 0 Å². The lowest BCUT2D eigenvalue weighted by atomic mass is 9.96. The van der Waals surface area contributed by atoms with Crippen LogP contribution < -0.4 is 4.74 Å². The molecule has 0 amide bonds. The Hall–Kier alpha value is -2.33. The lowest BCUT2D eigenvalue weighted by Crippen LogP contribution is -2.43. The maximum absolute atomic E-state index is 13.0. The topological polar surface area (TPSA) is 52.6 Å². The molecule has 2 aromatic carbocycles. The van der Waals surface area contributed by atoms with Crippen LogP contribution in [0.4, 0.5) is 0 Å². The summed E-state index contributed by atoms with van der Waals surface area (Å²) in [5.41, 5.74) is 2.61. The van der Waals surface area contributed by atoms with Crippen LogP contribution in [-0.4, -0.2) is 23.5 Å². The lowest BCUT2D eigenvalue weighted by molar-refractivity contribution is -0.166. The molecular weight excluding hydrogens is 400 g/mol. The van der Waals surface area contributed by atoms with Gasteiger partial charge in [-0.3, -0.25) is 4.79 Å². The van der Waals surface area contributed by atoms with Gasteiger partial charge < -0.3 is 9.47 Å². The Bertz CT molecular complexity index is 1010. The molecule has 4 nitrogen and oxygen atoms in total. The average molecular weight is 566 g/mol. The van der Waals surface area contributed by atoms with Crippen LogP contribution in [0.15, 0.2) is 30.3 Å². The molecule has 0 N–H and O–H groups in total. The van der Waals surface area contributed by atoms with Gasteiger partial charge in [-0.2, -0.15) is 0 Å². The van der Waals surface area contributed by atoms with Gasteiger partial charge in [0, 0.05) is 112 Å². The molecule has 0 aliphatic carbocycles. The molecule has 0 aromatic heterocycles. The zero-order valence-electron chi connectivity index (χ0n) is 18.9. The fourth-order valence-corrected chi connectivity index (χ4v) is 3.21. The summed E-state index contributed by atoms with van der Waals surface area (Å²) in [6, 6.07) is 8.86. The smallest absolute Gasteiger partial charge is 0.350 e. The molecule has 296 valence electrons. The summed E-state index contributed by atoms with van der Waals surface area (Å²) in [5, 5.41) is 0.676. The van der Waals surface area contributed by atoms with Crippen molar-refractivity contribution in [2.45, 2.75) is 73.0 Å². The number of ketones is 1. The minimum absolute atomic E-state index is 0. The largest absolute Gasteiger partial charge is 0.476 e. The number of esters is 1. The number of hydrogen-bond donors (Lipinski definition) is 0. The highest BCUT2D eigenvalue weighted by Gasteiger charge is 2.36. The highest BCUT2D eigenvalue weighted by molar-refractivity contribution is 6.32. The van der Waals surface area contributed by atoms with E-state index in [0.29, 0.717) is 28.3 Å². The fourth-order valence-electron chi connectivity index (χ4n) is 3.10. The van der Waals surface area contributed by atoms with Crippen molar-refractivity contribution in [1.82, 2.24) is 0 Å². The van der Waals surface area contributed by atoms with Crippen molar-refractivity contribution in [3.05, 3.63) is 63.2 Å². The van der Waals surface area contributed by atoms with Crippen molar-refractivity contribution in [1.29, 1.82) is 0 Å². The van der Waals surface area contributed by atoms with E-state index in [-0.39, 0.29) is 113 Å². The van der Waals surface area contributed by atoms with Gasteiger partial charge in [0.2, 0.25) is 5.60 Å². The van der Waals surface area contributed by atoms with Crippen LogP contribution in [0.3, 0.4) is 0 Å². The number of halogens is 1. The Morgan fingerprint density at radius 3 is 2.17 bits per heavy atom. The molecule has 0 aliphatic rings. The molecule has 2 atom stereocenters. The van der Waals surface area contributed by atoms with Crippen LogP contribution in [0.1, 0.15) is 169 Å². The zero-order valence-corrected chi connectivity index (χ0v) is 19.6. The number of carbonyl (C=O) groups is 2.